The summed E-state index contributed by atoms with van der Waals surface area (Å²) in [5.41, 5.74) is 0. The van der Waals surface area contributed by atoms with Gasteiger partial charge in [-0.15, -0.1) is 0 Å². The molecule has 2 rings (SSSR count). The number of hydrogen-bond donors (Lipinski definition) is 0. The highest BCUT2D eigenvalue weighted by atomic mass is 28.3. The van der Waals surface area contributed by atoms with Crippen molar-refractivity contribution in [2.75, 3.05) is 7.11 Å². The van der Waals surface area contributed by atoms with Gasteiger partial charge in [-0.2, -0.15) is 0 Å². The lowest BCUT2D eigenvalue weighted by atomic mass is 10.1. The Kier molecular flexibility index (Phi) is 2.78. The molecule has 1 nitrogen and oxygen atoms in total. The molecule has 2 aromatic carbocycles. The fourth-order valence-corrected chi connectivity index (χ4v) is 3.38. The second kappa shape index (κ2) is 4.07. The molecule has 15 heavy (non-hydrogen) atoms. The van der Waals surface area contributed by atoms with Gasteiger partial charge in [-0.25, -0.2) is 0 Å². The number of benzene rings is 2. The van der Waals surface area contributed by atoms with Gasteiger partial charge in [-0.1, -0.05) is 43.4 Å². The summed E-state index contributed by atoms with van der Waals surface area (Å²) in [4.78, 5) is 0. The fourth-order valence-electron chi connectivity index (χ4n) is 1.94. The Bertz CT molecular complexity index is 477. The molecule has 0 fully saturated rings. The summed E-state index contributed by atoms with van der Waals surface area (Å²) in [6.07, 6.45) is 0. The number of rotatable bonds is 2. The van der Waals surface area contributed by atoms with Gasteiger partial charge in [0.15, 0.2) is 0 Å². The largest absolute Gasteiger partial charge is 0.497 e. The molecule has 0 heterocycles. The quantitative estimate of drug-likeness (QED) is 0.700. The van der Waals surface area contributed by atoms with E-state index in [1.54, 1.807) is 7.11 Å². The minimum Gasteiger partial charge on any atom is -0.497 e. The van der Waals surface area contributed by atoms with Gasteiger partial charge in [0.25, 0.3) is 0 Å². The lowest BCUT2D eigenvalue weighted by Gasteiger charge is -2.13. The third kappa shape index (κ3) is 1.77. The lowest BCUT2D eigenvalue weighted by molar-refractivity contribution is 0.418. The second-order valence-corrected chi connectivity index (χ2v) is 6.36. The summed E-state index contributed by atoms with van der Waals surface area (Å²) in [7, 11) is 1.24. The first kappa shape index (κ1) is 10.2. The molecule has 0 saturated carbocycles. The molecular weight excluding hydrogens is 200 g/mol. The van der Waals surface area contributed by atoms with Crippen molar-refractivity contribution < 1.29 is 4.74 Å². The Hall–Kier alpha value is -1.28. The van der Waals surface area contributed by atoms with E-state index in [1.807, 2.05) is 0 Å². The van der Waals surface area contributed by atoms with Gasteiger partial charge in [0.2, 0.25) is 0 Å². The minimum absolute atomic E-state index is 0.504. The molecular formula is C13H15OSi. The summed E-state index contributed by atoms with van der Waals surface area (Å²) in [5.74, 6) is 1.03. The van der Waals surface area contributed by atoms with Crippen LogP contribution in [0.25, 0.3) is 10.8 Å². The summed E-state index contributed by atoms with van der Waals surface area (Å²) >= 11 is 0. The monoisotopic (exact) mass is 215 g/mol. The zero-order valence-corrected chi connectivity index (χ0v) is 10.4. The summed E-state index contributed by atoms with van der Waals surface area (Å²) < 4.78 is 5.44. The van der Waals surface area contributed by atoms with Crippen LogP contribution in [0.4, 0.5) is 0 Å². The lowest BCUT2D eigenvalue weighted by Crippen LogP contribution is -2.25. The van der Waals surface area contributed by atoms with Crippen LogP contribution < -0.4 is 9.92 Å². The van der Waals surface area contributed by atoms with E-state index in [2.05, 4.69) is 49.5 Å². The molecule has 2 aromatic rings. The maximum atomic E-state index is 5.44. The van der Waals surface area contributed by atoms with Crippen molar-refractivity contribution in [3.05, 3.63) is 36.4 Å². The Morgan fingerprint density at radius 2 is 1.73 bits per heavy atom. The number of methoxy groups -OCH3 is 1. The van der Waals surface area contributed by atoms with Gasteiger partial charge >= 0.3 is 0 Å². The van der Waals surface area contributed by atoms with Crippen LogP contribution in [0.2, 0.25) is 13.1 Å². The highest BCUT2D eigenvalue weighted by Crippen LogP contribution is 2.19. The molecule has 0 atom stereocenters. The first-order chi connectivity index (χ1) is 7.24. The molecule has 0 spiro atoms. The van der Waals surface area contributed by atoms with Gasteiger partial charge in [0.05, 0.1) is 15.9 Å². The maximum Gasteiger partial charge on any atom is 0.118 e. The van der Waals surface area contributed by atoms with Gasteiger partial charge in [-0.05, 0) is 22.0 Å². The van der Waals surface area contributed by atoms with Crippen LogP contribution in [0.5, 0.6) is 5.75 Å². The molecule has 0 N–H and O–H groups in total. The molecule has 0 aliphatic rings. The first-order valence-corrected chi connectivity index (χ1v) is 7.60. The van der Waals surface area contributed by atoms with Crippen LogP contribution in [0, 0.1) is 0 Å². The van der Waals surface area contributed by atoms with Crippen LogP contribution >= 0.6 is 0 Å². The van der Waals surface area contributed by atoms with E-state index >= 15 is 0 Å². The molecule has 77 valence electrons. The van der Waals surface area contributed by atoms with Crippen molar-refractivity contribution in [1.29, 1.82) is 0 Å². The number of fused-ring (bicyclic) bond motifs is 1. The standard InChI is InChI=1S/C13H15OSi/c1-14-12-9-8-10-6-4-5-7-11(10)13(12)15(2)3/h4-9H,1-3H3. The Morgan fingerprint density at radius 3 is 2.40 bits per heavy atom. The van der Waals surface area contributed by atoms with E-state index in [0.29, 0.717) is 0 Å². The van der Waals surface area contributed by atoms with Gasteiger partial charge in [-0.3, -0.25) is 0 Å². The van der Waals surface area contributed by atoms with E-state index in [4.69, 9.17) is 4.74 Å². The molecule has 0 aliphatic carbocycles. The SMILES string of the molecule is COc1ccc2ccccc2c1[Si](C)C. The minimum atomic E-state index is -0.504. The van der Waals surface area contributed by atoms with Crippen molar-refractivity contribution in [3.63, 3.8) is 0 Å². The predicted molar refractivity (Wildman–Crippen MR) is 67.6 cm³/mol. The van der Waals surface area contributed by atoms with Crippen molar-refractivity contribution in [2.24, 2.45) is 0 Å². The van der Waals surface area contributed by atoms with E-state index in [0.717, 1.165) is 5.75 Å². The molecule has 0 bridgehead atoms. The maximum absolute atomic E-state index is 5.44. The highest BCUT2D eigenvalue weighted by Gasteiger charge is 2.11. The van der Waals surface area contributed by atoms with Crippen molar-refractivity contribution in [1.82, 2.24) is 0 Å². The zero-order valence-electron chi connectivity index (χ0n) is 9.37. The van der Waals surface area contributed by atoms with Crippen molar-refractivity contribution in [3.8, 4) is 5.75 Å². The van der Waals surface area contributed by atoms with Crippen LogP contribution in [0.1, 0.15) is 0 Å². The van der Waals surface area contributed by atoms with Crippen LogP contribution in [-0.2, 0) is 0 Å². The zero-order chi connectivity index (χ0) is 10.8. The molecule has 0 saturated heterocycles. The van der Waals surface area contributed by atoms with Crippen molar-refractivity contribution >= 4 is 24.8 Å². The number of hydrogen-bond acceptors (Lipinski definition) is 1. The Morgan fingerprint density at radius 1 is 1.00 bits per heavy atom. The van der Waals surface area contributed by atoms with Crippen LogP contribution in [0.15, 0.2) is 36.4 Å². The number of ether oxygens (including phenoxy) is 1. The van der Waals surface area contributed by atoms with Crippen LogP contribution in [-0.4, -0.2) is 15.9 Å². The fraction of sp³-hybridized carbons (Fsp3) is 0.231. The summed E-state index contributed by atoms with van der Waals surface area (Å²) in [5, 5.41) is 4.05. The molecule has 0 amide bonds. The van der Waals surface area contributed by atoms with E-state index < -0.39 is 8.80 Å². The van der Waals surface area contributed by atoms with Gasteiger partial charge in [0, 0.05) is 0 Å². The molecule has 2 heteroatoms. The van der Waals surface area contributed by atoms with E-state index in [1.165, 1.54) is 16.0 Å². The van der Waals surface area contributed by atoms with Gasteiger partial charge in [0.1, 0.15) is 5.75 Å². The van der Waals surface area contributed by atoms with E-state index in [9.17, 15) is 0 Å². The average molecular weight is 215 g/mol. The molecule has 0 aliphatic heterocycles. The van der Waals surface area contributed by atoms with E-state index in [-0.39, 0.29) is 0 Å². The van der Waals surface area contributed by atoms with Crippen LogP contribution in [0.3, 0.4) is 0 Å². The third-order valence-corrected chi connectivity index (χ3v) is 4.13. The summed E-state index contributed by atoms with van der Waals surface area (Å²) in [6.45, 7) is 4.60. The Balaban J connectivity index is 2.79. The smallest absolute Gasteiger partial charge is 0.118 e. The highest BCUT2D eigenvalue weighted by molar-refractivity contribution is 6.74. The summed E-state index contributed by atoms with van der Waals surface area (Å²) in [6, 6.07) is 12.7. The third-order valence-electron chi connectivity index (χ3n) is 2.61. The van der Waals surface area contributed by atoms with Crippen molar-refractivity contribution in [2.45, 2.75) is 13.1 Å². The first-order valence-electron chi connectivity index (χ1n) is 5.10. The molecule has 0 aromatic heterocycles. The molecule has 0 unspecified atom stereocenters. The topological polar surface area (TPSA) is 9.23 Å². The second-order valence-electron chi connectivity index (χ2n) is 3.86. The Labute approximate surface area is 92.3 Å². The normalized spacial score (nSPS) is 10.9. The average Bonchev–Trinajstić information content (AvgIpc) is 2.27. The van der Waals surface area contributed by atoms with Gasteiger partial charge < -0.3 is 4.74 Å². The molecule has 1 radical (unpaired) electrons. The predicted octanol–water partition coefficient (Wildman–Crippen LogP) is 2.81.